The Morgan fingerprint density at radius 2 is 1.88 bits per heavy atom. The number of fused-ring (bicyclic) bond motifs is 1. The summed E-state index contributed by atoms with van der Waals surface area (Å²) in [6.45, 7) is 5.81. The molecule has 6 rings (SSSR count). The highest BCUT2D eigenvalue weighted by atomic mass is 32.3. The van der Waals surface area contributed by atoms with Gasteiger partial charge in [0.15, 0.2) is 0 Å². The van der Waals surface area contributed by atoms with Gasteiger partial charge in [-0.05, 0) is 43.0 Å². The summed E-state index contributed by atoms with van der Waals surface area (Å²) >= 11 is 1.28. The van der Waals surface area contributed by atoms with Crippen LogP contribution in [0.3, 0.4) is 0 Å². The smallest absolute Gasteiger partial charge is 0.245 e. The highest BCUT2D eigenvalue weighted by Crippen LogP contribution is 2.44. The fourth-order valence-electron chi connectivity index (χ4n) is 6.21. The van der Waals surface area contributed by atoms with Crippen LogP contribution in [-0.4, -0.2) is 81.6 Å². The van der Waals surface area contributed by atoms with Gasteiger partial charge in [-0.3, -0.25) is 9.80 Å². The van der Waals surface area contributed by atoms with E-state index in [1.165, 1.54) is 23.9 Å². The lowest BCUT2D eigenvalue weighted by Crippen LogP contribution is -2.55. The summed E-state index contributed by atoms with van der Waals surface area (Å²) in [6, 6.07) is 14.8. The zero-order valence-corrected chi connectivity index (χ0v) is 24.5. The lowest BCUT2D eigenvalue weighted by molar-refractivity contribution is 0.0451. The Labute approximate surface area is 244 Å². The van der Waals surface area contributed by atoms with Crippen LogP contribution in [0.25, 0.3) is 11.3 Å². The number of thioether (sulfide) groups is 1. The molecule has 0 spiro atoms. The second-order valence-corrected chi connectivity index (χ2v) is 13.9. The van der Waals surface area contributed by atoms with Crippen molar-refractivity contribution in [1.82, 2.24) is 24.3 Å². The van der Waals surface area contributed by atoms with Crippen LogP contribution in [0.15, 0.2) is 71.5 Å². The minimum atomic E-state index is -3.88. The molecule has 2 aromatic carbocycles. The van der Waals surface area contributed by atoms with E-state index in [4.69, 9.17) is 5.14 Å². The molecule has 4 atom stereocenters. The first-order chi connectivity index (χ1) is 19.7. The second kappa shape index (κ2) is 11.5. The Bertz CT molecular complexity index is 1530. The molecule has 0 aliphatic carbocycles. The summed E-state index contributed by atoms with van der Waals surface area (Å²) in [4.78, 5) is 11.2. The van der Waals surface area contributed by atoms with Crippen LogP contribution in [0.5, 0.6) is 0 Å². The van der Waals surface area contributed by atoms with Crippen molar-refractivity contribution >= 4 is 21.8 Å². The van der Waals surface area contributed by atoms with Crippen LogP contribution in [0.2, 0.25) is 0 Å². The van der Waals surface area contributed by atoms with Gasteiger partial charge in [0.05, 0.1) is 30.4 Å². The van der Waals surface area contributed by atoms with Crippen molar-refractivity contribution in [3.05, 3.63) is 88.4 Å². The predicted octanol–water partition coefficient (Wildman–Crippen LogP) is 3.16. The quantitative estimate of drug-likeness (QED) is 0.407. The van der Waals surface area contributed by atoms with E-state index in [-0.39, 0.29) is 33.7 Å². The van der Waals surface area contributed by atoms with Crippen molar-refractivity contribution in [2.45, 2.75) is 50.0 Å². The predicted molar refractivity (Wildman–Crippen MR) is 158 cm³/mol. The molecule has 2 saturated heterocycles. The Kier molecular flexibility index (Phi) is 7.96. The van der Waals surface area contributed by atoms with Crippen molar-refractivity contribution in [2.24, 2.45) is 5.14 Å². The molecular weight excluding hydrogens is 563 g/mol. The van der Waals surface area contributed by atoms with Crippen LogP contribution < -0.4 is 5.14 Å². The number of piperazine rings is 1. The van der Waals surface area contributed by atoms with Crippen molar-refractivity contribution in [3.63, 3.8) is 0 Å². The number of sulfonamides is 1. The number of rotatable bonds is 8. The van der Waals surface area contributed by atoms with Gasteiger partial charge in [-0.25, -0.2) is 22.9 Å². The number of aliphatic hydroxyl groups excluding tert-OH is 1. The van der Waals surface area contributed by atoms with Crippen LogP contribution in [0.4, 0.5) is 4.39 Å². The summed E-state index contributed by atoms with van der Waals surface area (Å²) in [5, 5.41) is 15.8. The number of primary sulfonamides is 1. The largest absolute Gasteiger partial charge is 0.392 e. The molecule has 0 amide bonds. The number of aromatic nitrogens is 2. The van der Waals surface area contributed by atoms with E-state index in [2.05, 4.69) is 43.3 Å². The van der Waals surface area contributed by atoms with Gasteiger partial charge in [-0.1, -0.05) is 48.2 Å². The van der Waals surface area contributed by atoms with Gasteiger partial charge < -0.3 is 14.6 Å². The minimum absolute atomic E-state index is 0.157. The average Bonchev–Trinajstić information content (AvgIpc) is 3.69. The molecule has 9 nitrogen and oxygen atoms in total. The van der Waals surface area contributed by atoms with Crippen molar-refractivity contribution in [3.8, 4) is 11.3 Å². The number of hydrogen-bond acceptors (Lipinski definition) is 8. The molecule has 1 aromatic heterocycles. The Balaban J connectivity index is 1.28. The van der Waals surface area contributed by atoms with E-state index >= 15 is 0 Å². The standard InChI is InChI=1S/C29H35FN6O3S2/c1-20(36-18-28(41(31,38)39)40-29(36)34-13-12-33-17-24(37)14-23(33)16-34)25-4-2-3-5-26(25)27-15-32-19-35(27)11-10-21-6-8-22(30)9-7-21/h2-9,15,18-20,23-24,29,37H,10-14,16-17H2,1H3,(H2,31,38,39)/t20-,23-,24+,29?/m0/s1. The molecular formula is C29H35FN6O3S2. The summed E-state index contributed by atoms with van der Waals surface area (Å²) in [7, 11) is -3.88. The van der Waals surface area contributed by atoms with Gasteiger partial charge in [0.2, 0.25) is 10.0 Å². The molecule has 12 heteroatoms. The van der Waals surface area contributed by atoms with Gasteiger partial charge in [0, 0.05) is 50.5 Å². The van der Waals surface area contributed by atoms with Crippen LogP contribution in [0, 0.1) is 5.82 Å². The highest BCUT2D eigenvalue weighted by Gasteiger charge is 2.43. The monoisotopic (exact) mass is 598 g/mol. The molecule has 3 aliphatic rings. The van der Waals surface area contributed by atoms with E-state index in [9.17, 15) is 17.9 Å². The highest BCUT2D eigenvalue weighted by molar-refractivity contribution is 8.18. The van der Waals surface area contributed by atoms with Gasteiger partial charge in [-0.2, -0.15) is 0 Å². The number of imidazole rings is 1. The van der Waals surface area contributed by atoms with E-state index in [1.807, 2.05) is 24.7 Å². The van der Waals surface area contributed by atoms with Crippen LogP contribution >= 0.6 is 11.8 Å². The Morgan fingerprint density at radius 1 is 1.12 bits per heavy atom. The topological polar surface area (TPSA) is 108 Å². The maximum atomic E-state index is 13.4. The first-order valence-electron chi connectivity index (χ1n) is 13.9. The zero-order valence-electron chi connectivity index (χ0n) is 22.9. The number of benzene rings is 2. The summed E-state index contributed by atoms with van der Waals surface area (Å²) in [5.41, 5.74) is 3.82. The van der Waals surface area contributed by atoms with Crippen LogP contribution in [0.1, 0.15) is 30.5 Å². The Hall–Kier alpha value is -2.74. The van der Waals surface area contributed by atoms with E-state index in [0.29, 0.717) is 13.1 Å². The maximum Gasteiger partial charge on any atom is 0.245 e. The normalized spacial score (nSPS) is 24.4. The first kappa shape index (κ1) is 28.4. The van der Waals surface area contributed by atoms with E-state index in [1.54, 1.807) is 18.3 Å². The molecule has 4 heterocycles. The summed E-state index contributed by atoms with van der Waals surface area (Å²) in [5.74, 6) is -0.249. The fourth-order valence-corrected chi connectivity index (χ4v) is 8.37. The first-order valence-corrected chi connectivity index (χ1v) is 16.3. The Morgan fingerprint density at radius 3 is 2.66 bits per heavy atom. The fraction of sp³-hybridized carbons (Fsp3) is 0.414. The third kappa shape index (κ3) is 5.95. The van der Waals surface area contributed by atoms with Crippen LogP contribution in [-0.2, 0) is 23.0 Å². The number of nitrogens with zero attached hydrogens (tertiary/aromatic N) is 5. The summed E-state index contributed by atoms with van der Waals surface area (Å²) < 4.78 is 40.6. The van der Waals surface area contributed by atoms with E-state index < -0.39 is 10.0 Å². The summed E-state index contributed by atoms with van der Waals surface area (Å²) in [6.07, 6.45) is 6.49. The van der Waals surface area contributed by atoms with Crippen molar-refractivity contribution < 1.29 is 17.9 Å². The zero-order chi connectivity index (χ0) is 28.7. The lowest BCUT2D eigenvalue weighted by Gasteiger charge is -2.44. The van der Waals surface area contributed by atoms with Crippen molar-refractivity contribution in [1.29, 1.82) is 0 Å². The molecule has 0 radical (unpaired) electrons. The molecule has 3 N–H and O–H groups in total. The molecule has 0 bridgehead atoms. The van der Waals surface area contributed by atoms with Gasteiger partial charge >= 0.3 is 0 Å². The minimum Gasteiger partial charge on any atom is -0.392 e. The molecule has 2 fully saturated rings. The molecule has 218 valence electrons. The molecule has 3 aliphatic heterocycles. The van der Waals surface area contributed by atoms with E-state index in [0.717, 1.165) is 54.9 Å². The SMILES string of the molecule is C[C@@H](c1ccccc1-c1cncn1CCc1ccc(F)cc1)N1C=C(S(N)(=O)=O)SC1N1CCN2C[C@H](O)C[C@H]2C1. The number of halogens is 1. The van der Waals surface area contributed by atoms with Gasteiger partial charge in [0.1, 0.15) is 15.6 Å². The van der Waals surface area contributed by atoms with Gasteiger partial charge in [0.25, 0.3) is 0 Å². The number of aryl methyl sites for hydroxylation is 2. The third-order valence-corrected chi connectivity index (χ3v) is 11.1. The molecule has 1 unspecified atom stereocenters. The third-order valence-electron chi connectivity index (χ3n) is 8.35. The molecule has 3 aromatic rings. The van der Waals surface area contributed by atoms with Crippen molar-refractivity contribution in [2.75, 3.05) is 26.2 Å². The lowest BCUT2D eigenvalue weighted by atomic mass is 9.98. The number of hydrogen-bond donors (Lipinski definition) is 2. The molecule has 0 saturated carbocycles. The van der Waals surface area contributed by atoms with Gasteiger partial charge in [-0.15, -0.1) is 0 Å². The molecule has 41 heavy (non-hydrogen) atoms. The average molecular weight is 599 g/mol. The number of aliphatic hydroxyl groups is 1. The number of nitrogens with two attached hydrogens (primary N) is 1. The second-order valence-electron chi connectivity index (χ2n) is 11.0. The maximum absolute atomic E-state index is 13.4.